The van der Waals surface area contributed by atoms with Crippen LogP contribution in [0.15, 0.2) is 58.6 Å². The van der Waals surface area contributed by atoms with Gasteiger partial charge in [-0.15, -0.1) is 5.10 Å². The minimum Gasteiger partial charge on any atom is -0.325 e. The van der Waals surface area contributed by atoms with Gasteiger partial charge in [0.15, 0.2) is 0 Å². The summed E-state index contributed by atoms with van der Waals surface area (Å²) in [5.74, 6) is -0.172. The zero-order valence-corrected chi connectivity index (χ0v) is 19.4. The number of hydrogen-bond acceptors (Lipinski definition) is 7. The van der Waals surface area contributed by atoms with E-state index in [1.165, 1.54) is 32.9 Å². The lowest BCUT2D eigenvalue weighted by molar-refractivity contribution is -0.113. The molecule has 4 rings (SSSR count). The highest BCUT2D eigenvalue weighted by molar-refractivity contribution is 7.99. The number of benzene rings is 2. The molecule has 2 aromatic carbocycles. The van der Waals surface area contributed by atoms with Crippen molar-refractivity contribution in [3.63, 3.8) is 0 Å². The summed E-state index contributed by atoms with van der Waals surface area (Å²) in [5.41, 5.74) is 1.25. The van der Waals surface area contributed by atoms with Crippen LogP contribution < -0.4 is 5.32 Å². The van der Waals surface area contributed by atoms with Crippen molar-refractivity contribution in [1.29, 1.82) is 0 Å². The van der Waals surface area contributed by atoms with Crippen molar-refractivity contribution in [1.82, 2.24) is 24.5 Å². The summed E-state index contributed by atoms with van der Waals surface area (Å²) < 4.78 is 28.5. The van der Waals surface area contributed by atoms with Crippen molar-refractivity contribution in [2.45, 2.75) is 29.3 Å². The van der Waals surface area contributed by atoms with Gasteiger partial charge in [0.1, 0.15) is 0 Å². The van der Waals surface area contributed by atoms with E-state index < -0.39 is 10.0 Å². The minimum absolute atomic E-state index is 0.0851. The molecule has 0 radical (unpaired) electrons. The number of thioether (sulfide) groups is 1. The quantitative estimate of drug-likeness (QED) is 0.504. The van der Waals surface area contributed by atoms with Crippen molar-refractivity contribution in [2.75, 3.05) is 24.2 Å². The number of anilines is 1. The molecule has 0 bridgehead atoms. The van der Waals surface area contributed by atoms with Crippen LogP contribution in [0.4, 0.5) is 5.69 Å². The highest BCUT2D eigenvalue weighted by atomic mass is 35.5. The van der Waals surface area contributed by atoms with E-state index in [9.17, 15) is 13.2 Å². The number of tetrazole rings is 1. The molecular weight excluding hydrogens is 472 g/mol. The van der Waals surface area contributed by atoms with Gasteiger partial charge >= 0.3 is 0 Å². The van der Waals surface area contributed by atoms with E-state index >= 15 is 0 Å². The predicted octanol–water partition coefficient (Wildman–Crippen LogP) is 3.22. The summed E-state index contributed by atoms with van der Waals surface area (Å²) >= 11 is 7.10. The molecule has 0 spiro atoms. The van der Waals surface area contributed by atoms with Crippen molar-refractivity contribution in [2.24, 2.45) is 0 Å². The second-order valence-corrected chi connectivity index (χ2v) is 10.5. The van der Waals surface area contributed by atoms with E-state index in [4.69, 9.17) is 11.6 Å². The largest absolute Gasteiger partial charge is 0.325 e. The standard InChI is InChI=1S/C20H21ClN6O3S2/c21-15-4-8-17(9-5-15)27-20(23-24-25-27)31-14-19(28)22-16-6-10-18(11-7-16)32(29,30)26-12-2-1-3-13-26/h4-11H,1-3,12-14H2,(H,22,28). The maximum atomic E-state index is 12.7. The first-order chi connectivity index (χ1) is 15.4. The second-order valence-electron chi connectivity index (χ2n) is 7.18. The summed E-state index contributed by atoms with van der Waals surface area (Å²) in [6.07, 6.45) is 2.82. The Labute approximate surface area is 195 Å². The van der Waals surface area contributed by atoms with E-state index in [-0.39, 0.29) is 16.6 Å². The Morgan fingerprint density at radius 2 is 1.72 bits per heavy atom. The first-order valence-electron chi connectivity index (χ1n) is 10.0. The Morgan fingerprint density at radius 1 is 1.03 bits per heavy atom. The zero-order valence-electron chi connectivity index (χ0n) is 17.0. The van der Waals surface area contributed by atoms with Crippen molar-refractivity contribution >= 4 is 45.0 Å². The Hall–Kier alpha value is -2.47. The molecule has 0 atom stereocenters. The highest BCUT2D eigenvalue weighted by Gasteiger charge is 2.25. The molecule has 1 aromatic heterocycles. The molecule has 1 N–H and O–H groups in total. The smallest absolute Gasteiger partial charge is 0.243 e. The molecule has 1 aliphatic heterocycles. The summed E-state index contributed by atoms with van der Waals surface area (Å²) in [7, 11) is -3.50. The number of halogens is 1. The molecule has 1 saturated heterocycles. The lowest BCUT2D eigenvalue weighted by Gasteiger charge is -2.25. The number of hydrogen-bond donors (Lipinski definition) is 1. The molecule has 1 aliphatic rings. The Morgan fingerprint density at radius 3 is 2.41 bits per heavy atom. The van der Waals surface area contributed by atoms with E-state index in [1.54, 1.807) is 36.4 Å². The molecule has 168 valence electrons. The maximum Gasteiger partial charge on any atom is 0.243 e. The van der Waals surface area contributed by atoms with E-state index in [0.717, 1.165) is 24.9 Å². The molecular formula is C20H21ClN6O3S2. The Balaban J connectivity index is 1.35. The lowest BCUT2D eigenvalue weighted by Crippen LogP contribution is -2.35. The average molecular weight is 493 g/mol. The van der Waals surface area contributed by atoms with E-state index in [1.807, 2.05) is 0 Å². The number of carbonyl (C=O) groups is 1. The van der Waals surface area contributed by atoms with Crippen molar-refractivity contribution < 1.29 is 13.2 Å². The van der Waals surface area contributed by atoms with E-state index in [2.05, 4.69) is 20.8 Å². The van der Waals surface area contributed by atoms with Crippen LogP contribution in [0, 0.1) is 0 Å². The summed E-state index contributed by atoms with van der Waals surface area (Å²) in [6, 6.07) is 13.3. The molecule has 3 aromatic rings. The number of carbonyl (C=O) groups excluding carboxylic acids is 1. The summed E-state index contributed by atoms with van der Waals surface area (Å²) in [5, 5.41) is 15.4. The van der Waals surface area contributed by atoms with Gasteiger partial charge in [-0.25, -0.2) is 8.42 Å². The monoisotopic (exact) mass is 492 g/mol. The number of sulfonamides is 1. The molecule has 0 saturated carbocycles. The molecule has 0 unspecified atom stereocenters. The molecule has 0 aliphatic carbocycles. The van der Waals surface area contributed by atoms with E-state index in [0.29, 0.717) is 29.0 Å². The Kier molecular flexibility index (Phi) is 7.09. The van der Waals surface area contributed by atoms with Crippen molar-refractivity contribution in [3.05, 3.63) is 53.6 Å². The number of nitrogens with one attached hydrogen (secondary N) is 1. The number of aromatic nitrogens is 4. The van der Waals surface area contributed by atoms with Gasteiger partial charge in [0.05, 0.1) is 16.3 Å². The fourth-order valence-corrected chi connectivity index (χ4v) is 5.64. The van der Waals surface area contributed by atoms with Crippen molar-refractivity contribution in [3.8, 4) is 5.69 Å². The lowest BCUT2D eigenvalue weighted by atomic mass is 10.2. The molecule has 9 nitrogen and oxygen atoms in total. The van der Waals surface area contributed by atoms with Crippen LogP contribution in [0.3, 0.4) is 0 Å². The van der Waals surface area contributed by atoms with Gasteiger partial charge in [-0.1, -0.05) is 29.8 Å². The zero-order chi connectivity index (χ0) is 22.6. The Bertz CT molecular complexity index is 1180. The molecule has 32 heavy (non-hydrogen) atoms. The maximum absolute atomic E-state index is 12.7. The first-order valence-corrected chi connectivity index (χ1v) is 12.8. The molecule has 2 heterocycles. The summed E-state index contributed by atoms with van der Waals surface area (Å²) in [4.78, 5) is 12.6. The van der Waals surface area contributed by atoms with Crippen LogP contribution in [-0.4, -0.2) is 57.7 Å². The van der Waals surface area contributed by atoms with Crippen LogP contribution in [0.5, 0.6) is 0 Å². The van der Waals surface area contributed by atoms with Gasteiger partial charge in [0.2, 0.25) is 21.1 Å². The molecule has 1 amide bonds. The van der Waals surface area contributed by atoms with Crippen LogP contribution in [-0.2, 0) is 14.8 Å². The molecule has 12 heteroatoms. The van der Waals surface area contributed by atoms with Gasteiger partial charge < -0.3 is 5.32 Å². The SMILES string of the molecule is O=C(CSc1nnnn1-c1ccc(Cl)cc1)Nc1ccc(S(=O)(=O)N2CCCCC2)cc1. The topological polar surface area (TPSA) is 110 Å². The van der Waals surface area contributed by atoms with Crippen LogP contribution >= 0.6 is 23.4 Å². The van der Waals surface area contributed by atoms with Crippen LogP contribution in [0.1, 0.15) is 19.3 Å². The normalized spacial score (nSPS) is 14.9. The number of nitrogens with zero attached hydrogens (tertiary/aromatic N) is 5. The van der Waals surface area contributed by atoms with Gasteiger partial charge in [0.25, 0.3) is 0 Å². The third-order valence-corrected chi connectivity index (χ3v) is 8.02. The summed E-state index contributed by atoms with van der Waals surface area (Å²) in [6.45, 7) is 1.10. The number of rotatable bonds is 7. The predicted molar refractivity (Wildman–Crippen MR) is 123 cm³/mol. The average Bonchev–Trinajstić information content (AvgIpc) is 3.28. The van der Waals surface area contributed by atoms with Gasteiger partial charge in [0, 0.05) is 23.8 Å². The highest BCUT2D eigenvalue weighted by Crippen LogP contribution is 2.23. The first kappa shape index (κ1) is 22.7. The van der Waals surface area contributed by atoms with Gasteiger partial charge in [-0.2, -0.15) is 8.99 Å². The fraction of sp³-hybridized carbons (Fsp3) is 0.300. The third-order valence-electron chi connectivity index (χ3n) is 4.94. The fourth-order valence-electron chi connectivity index (χ4n) is 3.30. The second kappa shape index (κ2) is 9.99. The van der Waals surface area contributed by atoms with Crippen LogP contribution in [0.2, 0.25) is 5.02 Å². The van der Waals surface area contributed by atoms with Gasteiger partial charge in [-0.05, 0) is 71.8 Å². The minimum atomic E-state index is -3.50. The third kappa shape index (κ3) is 5.29. The van der Waals surface area contributed by atoms with Crippen LogP contribution in [0.25, 0.3) is 5.69 Å². The number of amides is 1. The molecule has 1 fully saturated rings. The number of piperidine rings is 1. The van der Waals surface area contributed by atoms with Gasteiger partial charge in [-0.3, -0.25) is 4.79 Å².